The van der Waals surface area contributed by atoms with Gasteiger partial charge in [-0.25, -0.2) is 8.42 Å². The molecule has 5 heteroatoms. The summed E-state index contributed by atoms with van der Waals surface area (Å²) in [5.41, 5.74) is 1.24. The lowest BCUT2D eigenvalue weighted by atomic mass is 10.1. The van der Waals surface area contributed by atoms with Crippen LogP contribution in [0.1, 0.15) is 5.56 Å². The van der Waals surface area contributed by atoms with Crippen LogP contribution in [0.4, 0.5) is 0 Å². The molecular formula is C15H11ClO3S. The molecule has 0 saturated carbocycles. The van der Waals surface area contributed by atoms with Crippen LogP contribution in [-0.4, -0.2) is 15.0 Å². The summed E-state index contributed by atoms with van der Waals surface area (Å²) in [5, 5.41) is 1.47. The highest BCUT2D eigenvalue weighted by Gasteiger charge is 2.29. The Morgan fingerprint density at radius 2 is 1.75 bits per heavy atom. The molecule has 0 aliphatic carbocycles. The predicted octanol–water partition coefficient (Wildman–Crippen LogP) is 3.55. The van der Waals surface area contributed by atoms with Crippen LogP contribution in [0.15, 0.2) is 58.8 Å². The van der Waals surface area contributed by atoms with Crippen molar-refractivity contribution in [1.82, 2.24) is 0 Å². The molecule has 2 aromatic carbocycles. The van der Waals surface area contributed by atoms with E-state index in [4.69, 9.17) is 16.3 Å². The van der Waals surface area contributed by atoms with Crippen LogP contribution >= 0.6 is 11.6 Å². The fourth-order valence-electron chi connectivity index (χ4n) is 2.15. The molecule has 0 aromatic heterocycles. The third-order valence-electron chi connectivity index (χ3n) is 3.03. The normalized spacial score (nSPS) is 15.6. The molecule has 1 aliphatic heterocycles. The molecule has 0 fully saturated rings. The first kappa shape index (κ1) is 13.2. The molecule has 0 saturated heterocycles. The minimum Gasteiger partial charge on any atom is -0.489 e. The molecule has 20 heavy (non-hydrogen) atoms. The summed E-state index contributed by atoms with van der Waals surface area (Å²) in [5.74, 6) is 0.696. The van der Waals surface area contributed by atoms with Gasteiger partial charge in [0.15, 0.2) is 0 Å². The van der Waals surface area contributed by atoms with Crippen LogP contribution in [0.2, 0.25) is 5.02 Å². The van der Waals surface area contributed by atoms with Crippen LogP contribution in [0.25, 0.3) is 5.57 Å². The van der Waals surface area contributed by atoms with Crippen molar-refractivity contribution in [3.63, 3.8) is 0 Å². The number of benzene rings is 2. The SMILES string of the molecule is O=S1(=O)C=C(COc2ccccc2)c2cccc(Cl)c21. The van der Waals surface area contributed by atoms with Gasteiger partial charge in [0.05, 0.1) is 9.92 Å². The lowest BCUT2D eigenvalue weighted by Gasteiger charge is -2.08. The molecule has 0 radical (unpaired) electrons. The molecule has 0 bridgehead atoms. The van der Waals surface area contributed by atoms with Gasteiger partial charge in [-0.2, -0.15) is 0 Å². The van der Waals surface area contributed by atoms with Crippen LogP contribution in [0.5, 0.6) is 5.75 Å². The lowest BCUT2D eigenvalue weighted by Crippen LogP contribution is -1.99. The number of rotatable bonds is 3. The summed E-state index contributed by atoms with van der Waals surface area (Å²) >= 11 is 5.98. The Labute approximate surface area is 122 Å². The van der Waals surface area contributed by atoms with Gasteiger partial charge >= 0.3 is 0 Å². The molecule has 1 heterocycles. The van der Waals surface area contributed by atoms with Gasteiger partial charge in [-0.1, -0.05) is 41.9 Å². The molecule has 1 aliphatic rings. The second kappa shape index (κ2) is 4.96. The average molecular weight is 307 g/mol. The van der Waals surface area contributed by atoms with E-state index < -0.39 is 9.84 Å². The Hall–Kier alpha value is -1.78. The zero-order chi connectivity index (χ0) is 14.2. The van der Waals surface area contributed by atoms with E-state index in [1.807, 2.05) is 30.3 Å². The van der Waals surface area contributed by atoms with E-state index in [0.717, 1.165) is 0 Å². The highest BCUT2D eigenvalue weighted by molar-refractivity contribution is 7.95. The van der Waals surface area contributed by atoms with Gasteiger partial charge in [-0.15, -0.1) is 0 Å². The van der Waals surface area contributed by atoms with Crippen molar-refractivity contribution >= 4 is 27.0 Å². The first-order valence-electron chi connectivity index (χ1n) is 6.00. The van der Waals surface area contributed by atoms with E-state index >= 15 is 0 Å². The molecule has 2 aromatic rings. The number of hydrogen-bond acceptors (Lipinski definition) is 3. The first-order valence-corrected chi connectivity index (χ1v) is 7.93. The number of sulfone groups is 1. The van der Waals surface area contributed by atoms with Crippen LogP contribution in [-0.2, 0) is 9.84 Å². The van der Waals surface area contributed by atoms with Gasteiger partial charge in [-0.05, 0) is 18.2 Å². The highest BCUT2D eigenvalue weighted by Crippen LogP contribution is 2.38. The van der Waals surface area contributed by atoms with Crippen molar-refractivity contribution in [2.24, 2.45) is 0 Å². The molecule has 0 unspecified atom stereocenters. The van der Waals surface area contributed by atoms with E-state index in [9.17, 15) is 8.42 Å². The molecule has 0 spiro atoms. The number of fused-ring (bicyclic) bond motifs is 1. The smallest absolute Gasteiger partial charge is 0.202 e. The van der Waals surface area contributed by atoms with Gasteiger partial charge in [0.25, 0.3) is 0 Å². The van der Waals surface area contributed by atoms with Crippen molar-refractivity contribution in [3.8, 4) is 5.75 Å². The van der Waals surface area contributed by atoms with E-state index in [-0.39, 0.29) is 16.5 Å². The van der Waals surface area contributed by atoms with Gasteiger partial charge in [0, 0.05) is 16.5 Å². The third-order valence-corrected chi connectivity index (χ3v) is 5.06. The molecule has 102 valence electrons. The second-order valence-corrected chi connectivity index (χ2v) is 6.55. The Bertz CT molecular complexity index is 780. The fourth-order valence-corrected chi connectivity index (χ4v) is 4.18. The van der Waals surface area contributed by atoms with Gasteiger partial charge in [0.1, 0.15) is 12.4 Å². The van der Waals surface area contributed by atoms with Gasteiger partial charge < -0.3 is 4.74 Å². The van der Waals surface area contributed by atoms with E-state index in [0.29, 0.717) is 16.9 Å². The summed E-state index contributed by atoms with van der Waals surface area (Å²) in [6, 6.07) is 14.3. The zero-order valence-electron chi connectivity index (χ0n) is 10.4. The average Bonchev–Trinajstić information content (AvgIpc) is 2.70. The van der Waals surface area contributed by atoms with E-state index in [1.165, 1.54) is 5.41 Å². The van der Waals surface area contributed by atoms with Crippen molar-refractivity contribution in [2.75, 3.05) is 6.61 Å². The van der Waals surface area contributed by atoms with Crippen molar-refractivity contribution in [3.05, 3.63) is 64.5 Å². The standard InChI is InChI=1S/C15H11ClO3S/c16-14-8-4-7-13-11(10-20(17,18)15(13)14)9-19-12-5-2-1-3-6-12/h1-8,10H,9H2. The number of para-hydroxylation sites is 1. The summed E-state index contributed by atoms with van der Waals surface area (Å²) < 4.78 is 29.8. The quantitative estimate of drug-likeness (QED) is 0.871. The van der Waals surface area contributed by atoms with Crippen molar-refractivity contribution in [1.29, 1.82) is 0 Å². The highest BCUT2D eigenvalue weighted by atomic mass is 35.5. The maximum absolute atomic E-state index is 12.1. The van der Waals surface area contributed by atoms with E-state index in [2.05, 4.69) is 0 Å². The summed E-state index contributed by atoms with van der Waals surface area (Å²) in [6.07, 6.45) is 0. The summed E-state index contributed by atoms with van der Waals surface area (Å²) in [7, 11) is -3.46. The maximum atomic E-state index is 12.1. The minimum absolute atomic E-state index is 0.174. The van der Waals surface area contributed by atoms with Crippen LogP contribution in [0, 0.1) is 0 Å². The van der Waals surface area contributed by atoms with Crippen LogP contribution < -0.4 is 4.74 Å². The van der Waals surface area contributed by atoms with Crippen LogP contribution in [0.3, 0.4) is 0 Å². The fraction of sp³-hybridized carbons (Fsp3) is 0.0667. The third kappa shape index (κ3) is 2.32. The number of halogens is 1. The van der Waals surface area contributed by atoms with E-state index in [1.54, 1.807) is 18.2 Å². The molecule has 0 amide bonds. The Balaban J connectivity index is 1.92. The largest absolute Gasteiger partial charge is 0.489 e. The predicted molar refractivity (Wildman–Crippen MR) is 78.6 cm³/mol. The number of ether oxygens (including phenoxy) is 1. The summed E-state index contributed by atoms with van der Waals surface area (Å²) in [6.45, 7) is 0.191. The Morgan fingerprint density at radius 3 is 2.50 bits per heavy atom. The topological polar surface area (TPSA) is 43.4 Å². The minimum atomic E-state index is -3.46. The lowest BCUT2D eigenvalue weighted by molar-refractivity contribution is 0.370. The summed E-state index contributed by atoms with van der Waals surface area (Å²) in [4.78, 5) is 0.174. The van der Waals surface area contributed by atoms with Crippen molar-refractivity contribution in [2.45, 2.75) is 4.90 Å². The molecule has 3 rings (SSSR count). The Morgan fingerprint density at radius 1 is 1.00 bits per heavy atom. The van der Waals surface area contributed by atoms with Gasteiger partial charge in [-0.3, -0.25) is 0 Å². The number of hydrogen-bond donors (Lipinski definition) is 0. The molecule has 0 N–H and O–H groups in total. The molecule has 0 atom stereocenters. The Kier molecular flexibility index (Phi) is 3.28. The first-order chi connectivity index (χ1) is 9.58. The van der Waals surface area contributed by atoms with Crippen molar-refractivity contribution < 1.29 is 13.2 Å². The zero-order valence-corrected chi connectivity index (χ0v) is 12.0. The second-order valence-electron chi connectivity index (χ2n) is 4.41. The molecule has 3 nitrogen and oxygen atoms in total. The molecular weight excluding hydrogens is 296 g/mol. The maximum Gasteiger partial charge on any atom is 0.202 e. The monoisotopic (exact) mass is 306 g/mol. The van der Waals surface area contributed by atoms with Gasteiger partial charge in [0.2, 0.25) is 9.84 Å².